The normalized spacial score (nSPS) is 11.6. The lowest BCUT2D eigenvalue weighted by atomic mass is 10.1. The minimum atomic E-state index is -3.30. The van der Waals surface area contributed by atoms with Gasteiger partial charge in [0.1, 0.15) is 12.1 Å². The van der Waals surface area contributed by atoms with Crippen LogP contribution in [0.3, 0.4) is 0 Å². The van der Waals surface area contributed by atoms with E-state index in [2.05, 4.69) is 15.3 Å². The van der Waals surface area contributed by atoms with E-state index in [1.165, 1.54) is 12.6 Å². The molecule has 1 aromatic heterocycles. The van der Waals surface area contributed by atoms with Crippen molar-refractivity contribution in [1.82, 2.24) is 9.97 Å². The highest BCUT2D eigenvalue weighted by molar-refractivity contribution is 7.90. The summed E-state index contributed by atoms with van der Waals surface area (Å²) in [6, 6.07) is 10.2. The lowest BCUT2D eigenvalue weighted by Gasteiger charge is -2.10. The van der Waals surface area contributed by atoms with Crippen LogP contribution in [0.4, 0.5) is 5.82 Å². The maximum absolute atomic E-state index is 11.8. The second kappa shape index (κ2) is 7.15. The van der Waals surface area contributed by atoms with Crippen LogP contribution in [0.5, 0.6) is 0 Å². The first kappa shape index (κ1) is 17.9. The summed E-state index contributed by atoms with van der Waals surface area (Å²) in [5.74, 6) is 0.587. The second-order valence-corrected chi connectivity index (χ2v) is 8.52. The van der Waals surface area contributed by atoms with Gasteiger partial charge in [0, 0.05) is 28.2 Å². The Hall–Kier alpha value is -1.89. The van der Waals surface area contributed by atoms with Gasteiger partial charge in [0.25, 0.3) is 0 Å². The maximum atomic E-state index is 11.8. The molecule has 130 valence electrons. The number of benzene rings is 2. The second-order valence-electron chi connectivity index (χ2n) is 5.63. The average molecular weight is 396 g/mol. The summed E-state index contributed by atoms with van der Waals surface area (Å²) in [4.78, 5) is 8.64. The Bertz CT molecular complexity index is 1020. The highest BCUT2D eigenvalue weighted by atomic mass is 35.5. The maximum Gasteiger partial charge on any atom is 0.175 e. The van der Waals surface area contributed by atoms with E-state index in [1.807, 2.05) is 12.1 Å². The van der Waals surface area contributed by atoms with E-state index in [0.29, 0.717) is 39.7 Å². The fourth-order valence-electron chi connectivity index (χ4n) is 2.49. The molecule has 8 heteroatoms. The van der Waals surface area contributed by atoms with Gasteiger partial charge in [-0.15, -0.1) is 0 Å². The molecule has 0 saturated carbocycles. The number of nitrogens with zero attached hydrogens (tertiary/aromatic N) is 2. The number of sulfone groups is 1. The molecular formula is C17H15Cl2N3O2S. The van der Waals surface area contributed by atoms with Crippen molar-refractivity contribution in [2.75, 3.05) is 18.1 Å². The number of hydrogen-bond acceptors (Lipinski definition) is 5. The molecule has 1 heterocycles. The number of rotatable bonds is 5. The molecular weight excluding hydrogens is 381 g/mol. The van der Waals surface area contributed by atoms with Crippen molar-refractivity contribution in [2.24, 2.45) is 0 Å². The Morgan fingerprint density at radius 2 is 1.76 bits per heavy atom. The van der Waals surface area contributed by atoms with Crippen LogP contribution < -0.4 is 5.32 Å². The lowest BCUT2D eigenvalue weighted by Crippen LogP contribution is -2.07. The summed E-state index contributed by atoms with van der Waals surface area (Å²) >= 11 is 12.0. The van der Waals surface area contributed by atoms with Crippen molar-refractivity contribution in [1.29, 1.82) is 0 Å². The monoisotopic (exact) mass is 395 g/mol. The van der Waals surface area contributed by atoms with Crippen LogP contribution in [0.2, 0.25) is 10.0 Å². The Morgan fingerprint density at radius 1 is 1.04 bits per heavy atom. The molecule has 0 aliphatic rings. The van der Waals surface area contributed by atoms with Crippen LogP contribution in [0.1, 0.15) is 5.56 Å². The van der Waals surface area contributed by atoms with Gasteiger partial charge in [-0.25, -0.2) is 18.4 Å². The highest BCUT2D eigenvalue weighted by Gasteiger charge is 2.11. The zero-order valence-corrected chi connectivity index (χ0v) is 15.7. The first-order valence-electron chi connectivity index (χ1n) is 7.46. The molecule has 0 radical (unpaired) electrons. The van der Waals surface area contributed by atoms with Gasteiger partial charge >= 0.3 is 0 Å². The summed E-state index contributed by atoms with van der Waals surface area (Å²) < 4.78 is 23.5. The first-order valence-corrected chi connectivity index (χ1v) is 10.1. The van der Waals surface area contributed by atoms with Gasteiger partial charge in [-0.05, 0) is 48.4 Å². The Balaban J connectivity index is 1.83. The minimum absolute atomic E-state index is 0.236. The number of halogens is 2. The summed E-state index contributed by atoms with van der Waals surface area (Å²) in [5.41, 5.74) is 1.68. The molecule has 0 fully saturated rings. The van der Waals surface area contributed by atoms with Gasteiger partial charge in [-0.1, -0.05) is 23.2 Å². The van der Waals surface area contributed by atoms with E-state index in [4.69, 9.17) is 23.2 Å². The third-order valence-electron chi connectivity index (χ3n) is 3.66. The zero-order chi connectivity index (χ0) is 18.0. The number of hydrogen-bond donors (Lipinski definition) is 1. The van der Waals surface area contributed by atoms with E-state index in [1.54, 1.807) is 24.3 Å². The van der Waals surface area contributed by atoms with Crippen molar-refractivity contribution in [3.8, 4) is 0 Å². The van der Waals surface area contributed by atoms with Crippen LogP contribution in [-0.4, -0.2) is 31.2 Å². The van der Waals surface area contributed by atoms with Crippen LogP contribution in [0.15, 0.2) is 47.6 Å². The van der Waals surface area contributed by atoms with E-state index in [9.17, 15) is 8.42 Å². The summed E-state index contributed by atoms with van der Waals surface area (Å²) in [5, 5.41) is 5.06. The van der Waals surface area contributed by atoms with Crippen molar-refractivity contribution < 1.29 is 8.42 Å². The molecule has 0 amide bonds. The molecule has 0 atom stereocenters. The Kier molecular flexibility index (Phi) is 5.13. The van der Waals surface area contributed by atoms with Gasteiger partial charge in [-0.3, -0.25) is 0 Å². The molecule has 0 bridgehead atoms. The molecule has 2 aromatic carbocycles. The van der Waals surface area contributed by atoms with E-state index < -0.39 is 9.84 Å². The Morgan fingerprint density at radius 3 is 2.44 bits per heavy atom. The number of fused-ring (bicyclic) bond motifs is 1. The van der Waals surface area contributed by atoms with Crippen molar-refractivity contribution in [2.45, 2.75) is 11.3 Å². The summed E-state index contributed by atoms with van der Waals surface area (Å²) in [7, 11) is -3.30. The highest BCUT2D eigenvalue weighted by Crippen LogP contribution is 2.23. The average Bonchev–Trinajstić information content (AvgIpc) is 2.53. The molecule has 1 N–H and O–H groups in total. The topological polar surface area (TPSA) is 72.0 Å². The summed E-state index contributed by atoms with van der Waals surface area (Å²) in [6.07, 6.45) is 3.31. The molecule has 0 spiro atoms. The largest absolute Gasteiger partial charge is 0.369 e. The predicted octanol–water partition coefficient (Wildman–Crippen LogP) is 3.99. The van der Waals surface area contributed by atoms with E-state index >= 15 is 0 Å². The molecule has 0 aliphatic carbocycles. The van der Waals surface area contributed by atoms with Crippen molar-refractivity contribution in [3.63, 3.8) is 0 Å². The van der Waals surface area contributed by atoms with Crippen LogP contribution in [0.25, 0.3) is 10.9 Å². The molecule has 25 heavy (non-hydrogen) atoms. The predicted molar refractivity (Wildman–Crippen MR) is 101 cm³/mol. The molecule has 0 aliphatic heterocycles. The third-order valence-corrected chi connectivity index (χ3v) is 5.21. The molecule has 0 saturated heterocycles. The van der Waals surface area contributed by atoms with Gasteiger partial charge in [0.05, 0.1) is 10.4 Å². The number of nitrogens with one attached hydrogen (secondary N) is 1. The van der Waals surface area contributed by atoms with Gasteiger partial charge in [-0.2, -0.15) is 0 Å². The third kappa shape index (κ3) is 4.39. The fourth-order valence-corrected chi connectivity index (χ4v) is 3.71. The molecule has 5 nitrogen and oxygen atoms in total. The zero-order valence-electron chi connectivity index (χ0n) is 13.3. The fraction of sp³-hybridized carbons (Fsp3) is 0.176. The summed E-state index contributed by atoms with van der Waals surface area (Å²) in [6.45, 7) is 0.589. The first-order chi connectivity index (χ1) is 11.8. The van der Waals surface area contributed by atoms with Crippen LogP contribution >= 0.6 is 23.2 Å². The number of anilines is 1. The lowest BCUT2D eigenvalue weighted by molar-refractivity contribution is 0.602. The van der Waals surface area contributed by atoms with Crippen LogP contribution in [0, 0.1) is 0 Å². The van der Waals surface area contributed by atoms with Crippen molar-refractivity contribution in [3.05, 3.63) is 58.3 Å². The number of aromatic nitrogens is 2. The van der Waals surface area contributed by atoms with Gasteiger partial charge in [0.2, 0.25) is 0 Å². The molecule has 3 aromatic rings. The van der Waals surface area contributed by atoms with Crippen molar-refractivity contribution >= 4 is 49.8 Å². The minimum Gasteiger partial charge on any atom is -0.369 e. The molecule has 3 rings (SSSR count). The van der Waals surface area contributed by atoms with Crippen LogP contribution in [-0.2, 0) is 16.3 Å². The smallest absolute Gasteiger partial charge is 0.175 e. The van der Waals surface area contributed by atoms with E-state index in [-0.39, 0.29) is 4.90 Å². The Labute approximate surface area is 155 Å². The molecule has 0 unspecified atom stereocenters. The standard InChI is InChI=1S/C17H15Cl2N3O2S/c1-25(23,24)14-2-3-16-15(9-14)17(22-10-21-16)20-5-4-11-6-12(18)8-13(19)7-11/h2-3,6-10H,4-5H2,1H3,(H,20,21,22). The SMILES string of the molecule is CS(=O)(=O)c1ccc2ncnc(NCCc3cc(Cl)cc(Cl)c3)c2c1. The quantitative estimate of drug-likeness (QED) is 0.706. The van der Waals surface area contributed by atoms with Gasteiger partial charge in [0.15, 0.2) is 9.84 Å². The van der Waals surface area contributed by atoms with E-state index in [0.717, 1.165) is 5.56 Å². The van der Waals surface area contributed by atoms with Gasteiger partial charge < -0.3 is 5.32 Å².